The van der Waals surface area contributed by atoms with E-state index in [9.17, 15) is 8.42 Å². The Balaban J connectivity index is 1.97. The van der Waals surface area contributed by atoms with Gasteiger partial charge in [0.25, 0.3) is 0 Å². The maximum absolute atomic E-state index is 12.1. The van der Waals surface area contributed by atoms with Crippen molar-refractivity contribution in [1.29, 1.82) is 0 Å². The van der Waals surface area contributed by atoms with Crippen LogP contribution in [0.4, 0.5) is 0 Å². The number of benzene rings is 1. The standard InChI is InChI=1S/C13H16N2O2S2/c1-9-6-7-14-11(8-19(9,16)17)13-15-10-4-2-3-5-12(10)18-13/h2-5,9,11,14H,6-8H2,1H3. The van der Waals surface area contributed by atoms with E-state index < -0.39 is 9.84 Å². The largest absolute Gasteiger partial charge is 0.307 e. The van der Waals surface area contributed by atoms with Crippen molar-refractivity contribution in [3.05, 3.63) is 29.3 Å². The van der Waals surface area contributed by atoms with Gasteiger partial charge < -0.3 is 5.32 Å². The molecule has 1 aliphatic rings. The summed E-state index contributed by atoms with van der Waals surface area (Å²) in [7, 11) is -3.03. The SMILES string of the molecule is CC1CCNC(c2nc3ccccc3s2)CS1(=O)=O. The Kier molecular flexibility index (Phi) is 3.32. The summed E-state index contributed by atoms with van der Waals surface area (Å²) in [5.41, 5.74) is 0.944. The number of hydrogen-bond donors (Lipinski definition) is 1. The molecule has 1 saturated heterocycles. The first-order valence-electron chi connectivity index (χ1n) is 6.37. The van der Waals surface area contributed by atoms with Crippen LogP contribution in [-0.4, -0.2) is 30.9 Å². The van der Waals surface area contributed by atoms with Crippen LogP contribution in [0.3, 0.4) is 0 Å². The van der Waals surface area contributed by atoms with Gasteiger partial charge in [-0.05, 0) is 32.0 Å². The van der Waals surface area contributed by atoms with Gasteiger partial charge in [-0.25, -0.2) is 13.4 Å². The third-order valence-corrected chi connectivity index (χ3v) is 6.97. The number of sulfone groups is 1. The average molecular weight is 296 g/mol. The third-order valence-electron chi connectivity index (χ3n) is 3.56. The van der Waals surface area contributed by atoms with Crippen LogP contribution >= 0.6 is 11.3 Å². The highest BCUT2D eigenvalue weighted by Crippen LogP contribution is 2.29. The molecular weight excluding hydrogens is 280 g/mol. The molecule has 0 bridgehead atoms. The van der Waals surface area contributed by atoms with Gasteiger partial charge in [0, 0.05) is 0 Å². The number of fused-ring (bicyclic) bond motifs is 1. The predicted octanol–water partition coefficient (Wildman–Crippen LogP) is 2.13. The van der Waals surface area contributed by atoms with Crippen LogP contribution in [0.2, 0.25) is 0 Å². The number of nitrogens with one attached hydrogen (secondary N) is 1. The fraction of sp³-hybridized carbons (Fsp3) is 0.462. The molecule has 3 rings (SSSR count). The Labute approximate surface area is 116 Å². The van der Waals surface area contributed by atoms with Crippen molar-refractivity contribution in [3.8, 4) is 0 Å². The zero-order chi connectivity index (χ0) is 13.5. The topological polar surface area (TPSA) is 59.1 Å². The second-order valence-electron chi connectivity index (χ2n) is 4.96. The molecule has 102 valence electrons. The van der Waals surface area contributed by atoms with Crippen molar-refractivity contribution in [2.45, 2.75) is 24.6 Å². The van der Waals surface area contributed by atoms with Gasteiger partial charge in [0.2, 0.25) is 0 Å². The second kappa shape index (κ2) is 4.85. The van der Waals surface area contributed by atoms with Gasteiger partial charge in [-0.2, -0.15) is 0 Å². The molecule has 0 amide bonds. The first-order chi connectivity index (χ1) is 9.06. The highest BCUT2D eigenvalue weighted by atomic mass is 32.2. The van der Waals surface area contributed by atoms with Gasteiger partial charge in [0.15, 0.2) is 9.84 Å². The van der Waals surface area contributed by atoms with Gasteiger partial charge in [-0.3, -0.25) is 0 Å². The van der Waals surface area contributed by atoms with E-state index in [0.717, 1.165) is 21.8 Å². The van der Waals surface area contributed by atoms with E-state index in [1.54, 1.807) is 18.3 Å². The Morgan fingerprint density at radius 3 is 2.95 bits per heavy atom. The Morgan fingerprint density at radius 1 is 1.37 bits per heavy atom. The molecule has 1 aromatic carbocycles. The summed E-state index contributed by atoms with van der Waals surface area (Å²) in [5, 5.41) is 3.92. The first-order valence-corrected chi connectivity index (χ1v) is 8.90. The van der Waals surface area contributed by atoms with Gasteiger partial charge >= 0.3 is 0 Å². The lowest BCUT2D eigenvalue weighted by Crippen LogP contribution is -2.26. The zero-order valence-corrected chi connectivity index (χ0v) is 12.3. The van der Waals surface area contributed by atoms with Crippen LogP contribution in [-0.2, 0) is 9.84 Å². The second-order valence-corrected chi connectivity index (χ2v) is 8.48. The summed E-state index contributed by atoms with van der Waals surface area (Å²) in [5.74, 6) is 0.147. The number of aromatic nitrogens is 1. The molecule has 0 spiro atoms. The van der Waals surface area contributed by atoms with Crippen LogP contribution < -0.4 is 5.32 Å². The van der Waals surface area contributed by atoms with Gasteiger partial charge in [0.05, 0.1) is 27.3 Å². The Morgan fingerprint density at radius 2 is 2.16 bits per heavy atom. The minimum Gasteiger partial charge on any atom is -0.307 e. The molecule has 2 atom stereocenters. The van der Waals surface area contributed by atoms with Crippen molar-refractivity contribution in [3.63, 3.8) is 0 Å². The number of nitrogens with zero attached hydrogens (tertiary/aromatic N) is 1. The van der Waals surface area contributed by atoms with Gasteiger partial charge in [-0.15, -0.1) is 11.3 Å². The van der Waals surface area contributed by atoms with Crippen molar-refractivity contribution in [2.24, 2.45) is 0 Å². The molecule has 1 aromatic heterocycles. The molecule has 4 nitrogen and oxygen atoms in total. The maximum Gasteiger partial charge on any atom is 0.154 e. The van der Waals surface area contributed by atoms with E-state index in [1.807, 2.05) is 24.3 Å². The normalized spacial score (nSPS) is 27.2. The number of hydrogen-bond acceptors (Lipinski definition) is 5. The molecule has 0 radical (unpaired) electrons. The maximum atomic E-state index is 12.1. The molecule has 2 aromatic rings. The minimum absolute atomic E-state index is 0.147. The zero-order valence-electron chi connectivity index (χ0n) is 10.7. The van der Waals surface area contributed by atoms with E-state index >= 15 is 0 Å². The molecule has 2 heterocycles. The molecule has 1 aliphatic heterocycles. The van der Waals surface area contributed by atoms with Crippen molar-refractivity contribution < 1.29 is 8.42 Å². The molecule has 0 aliphatic carbocycles. The summed E-state index contributed by atoms with van der Waals surface area (Å²) in [6.45, 7) is 2.51. The van der Waals surface area contributed by atoms with Crippen LogP contribution in [0.25, 0.3) is 10.2 Å². The minimum atomic E-state index is -3.03. The Bertz CT molecular complexity index is 660. The summed E-state index contributed by atoms with van der Waals surface area (Å²) in [6, 6.07) is 7.73. The summed E-state index contributed by atoms with van der Waals surface area (Å²) < 4.78 is 25.4. The molecular formula is C13H16N2O2S2. The lowest BCUT2D eigenvalue weighted by molar-refractivity contribution is 0.570. The average Bonchev–Trinajstić information content (AvgIpc) is 2.75. The van der Waals surface area contributed by atoms with Crippen LogP contribution in [0.5, 0.6) is 0 Å². The highest BCUT2D eigenvalue weighted by Gasteiger charge is 2.30. The van der Waals surface area contributed by atoms with Crippen molar-refractivity contribution in [2.75, 3.05) is 12.3 Å². The van der Waals surface area contributed by atoms with Gasteiger partial charge in [-0.1, -0.05) is 12.1 Å². The summed E-state index contributed by atoms with van der Waals surface area (Å²) >= 11 is 1.58. The fourth-order valence-corrected chi connectivity index (χ4v) is 4.99. The van der Waals surface area contributed by atoms with E-state index in [0.29, 0.717) is 6.42 Å². The quantitative estimate of drug-likeness (QED) is 0.876. The van der Waals surface area contributed by atoms with E-state index in [2.05, 4.69) is 10.3 Å². The predicted molar refractivity (Wildman–Crippen MR) is 78.2 cm³/mol. The van der Waals surface area contributed by atoms with Crippen LogP contribution in [0, 0.1) is 0 Å². The lowest BCUT2D eigenvalue weighted by Gasteiger charge is -2.12. The summed E-state index contributed by atoms with van der Waals surface area (Å²) in [4.78, 5) is 4.56. The van der Waals surface area contributed by atoms with Crippen LogP contribution in [0.1, 0.15) is 24.4 Å². The highest BCUT2D eigenvalue weighted by molar-refractivity contribution is 7.92. The molecule has 0 saturated carbocycles. The van der Waals surface area contributed by atoms with Gasteiger partial charge in [0.1, 0.15) is 5.01 Å². The molecule has 1 N–H and O–H groups in total. The van der Waals surface area contributed by atoms with Crippen LogP contribution in [0.15, 0.2) is 24.3 Å². The molecule has 1 fully saturated rings. The molecule has 19 heavy (non-hydrogen) atoms. The first kappa shape index (κ1) is 13.0. The van der Waals surface area contributed by atoms with E-state index in [4.69, 9.17) is 0 Å². The number of rotatable bonds is 1. The van der Waals surface area contributed by atoms with E-state index in [-0.39, 0.29) is 17.0 Å². The van der Waals surface area contributed by atoms with Crippen molar-refractivity contribution >= 4 is 31.4 Å². The van der Waals surface area contributed by atoms with Crippen molar-refractivity contribution in [1.82, 2.24) is 10.3 Å². The monoisotopic (exact) mass is 296 g/mol. The fourth-order valence-electron chi connectivity index (χ4n) is 2.29. The number of thiazole rings is 1. The number of para-hydroxylation sites is 1. The molecule has 2 unspecified atom stereocenters. The molecule has 6 heteroatoms. The third kappa shape index (κ3) is 2.52. The summed E-state index contributed by atoms with van der Waals surface area (Å²) in [6.07, 6.45) is 0.670. The van der Waals surface area contributed by atoms with E-state index in [1.165, 1.54) is 0 Å². The smallest absolute Gasteiger partial charge is 0.154 e. The lowest BCUT2D eigenvalue weighted by atomic mass is 10.3. The Hall–Kier alpha value is -0.980.